The van der Waals surface area contributed by atoms with E-state index in [-0.39, 0.29) is 16.7 Å². The second-order valence-electron chi connectivity index (χ2n) is 10.5. The molecule has 1 amide bonds. The largest absolute Gasteiger partial charge is 0.507 e. The molecule has 1 fully saturated rings. The van der Waals surface area contributed by atoms with Crippen molar-refractivity contribution < 1.29 is 19.4 Å². The van der Waals surface area contributed by atoms with Crippen LogP contribution >= 0.6 is 11.6 Å². The lowest BCUT2D eigenvalue weighted by Gasteiger charge is -2.25. The first-order valence-electron chi connectivity index (χ1n) is 12.3. The van der Waals surface area contributed by atoms with E-state index in [0.717, 1.165) is 22.0 Å². The number of methoxy groups -OCH3 is 1. The van der Waals surface area contributed by atoms with E-state index in [0.29, 0.717) is 22.0 Å². The van der Waals surface area contributed by atoms with E-state index >= 15 is 0 Å². The number of ether oxygens (including phenoxy) is 1. The van der Waals surface area contributed by atoms with Crippen molar-refractivity contribution in [2.75, 3.05) is 12.0 Å². The van der Waals surface area contributed by atoms with Crippen LogP contribution in [0.1, 0.15) is 43.5 Å². The summed E-state index contributed by atoms with van der Waals surface area (Å²) in [4.78, 5) is 28.7. The van der Waals surface area contributed by atoms with Crippen molar-refractivity contribution in [1.29, 1.82) is 0 Å². The average Bonchev–Trinajstić information content (AvgIpc) is 3.36. The van der Waals surface area contributed by atoms with Crippen LogP contribution in [0.4, 0.5) is 5.69 Å². The Labute approximate surface area is 226 Å². The van der Waals surface area contributed by atoms with Gasteiger partial charge in [-0.3, -0.25) is 14.5 Å². The molecule has 0 bridgehead atoms. The lowest BCUT2D eigenvalue weighted by atomic mass is 9.85. The number of Topliss-reactive ketones (excluding diaryl/α,β-unsaturated/α-hetero) is 1. The molecule has 1 N–H and O–H groups in total. The summed E-state index contributed by atoms with van der Waals surface area (Å²) in [5.74, 6) is -1.39. The zero-order chi connectivity index (χ0) is 27.4. The van der Waals surface area contributed by atoms with E-state index in [1.165, 1.54) is 12.0 Å². The lowest BCUT2D eigenvalue weighted by Crippen LogP contribution is -2.29. The average molecular weight is 529 g/mol. The van der Waals surface area contributed by atoms with E-state index in [1.807, 2.05) is 54.2 Å². The Bertz CT molecular complexity index is 1630. The van der Waals surface area contributed by atoms with Crippen molar-refractivity contribution in [2.45, 2.75) is 32.2 Å². The molecular formula is C31H29ClN2O4. The van der Waals surface area contributed by atoms with Gasteiger partial charge in [-0.15, -0.1) is 0 Å². The van der Waals surface area contributed by atoms with E-state index in [1.54, 1.807) is 30.3 Å². The maximum absolute atomic E-state index is 13.7. The number of aliphatic hydroxyl groups is 1. The summed E-state index contributed by atoms with van der Waals surface area (Å²) in [6.07, 6.45) is 1.90. The van der Waals surface area contributed by atoms with E-state index in [9.17, 15) is 14.7 Å². The van der Waals surface area contributed by atoms with Gasteiger partial charge >= 0.3 is 0 Å². The van der Waals surface area contributed by atoms with Gasteiger partial charge in [0.05, 0.1) is 24.3 Å². The highest BCUT2D eigenvalue weighted by Gasteiger charge is 2.48. The van der Waals surface area contributed by atoms with Crippen LogP contribution in [0.25, 0.3) is 16.7 Å². The van der Waals surface area contributed by atoms with Crippen LogP contribution in [0, 0.1) is 0 Å². The molecule has 0 saturated carbocycles. The number of nitrogens with zero attached hydrogens (tertiary/aromatic N) is 2. The predicted molar refractivity (Wildman–Crippen MR) is 151 cm³/mol. The third-order valence-electron chi connectivity index (χ3n) is 7.07. The quantitative estimate of drug-likeness (QED) is 0.180. The van der Waals surface area contributed by atoms with Crippen LogP contribution in [0.3, 0.4) is 0 Å². The minimum Gasteiger partial charge on any atom is -0.507 e. The second kappa shape index (κ2) is 9.37. The molecule has 1 atom stereocenters. The highest BCUT2D eigenvalue weighted by molar-refractivity contribution is 6.52. The first-order valence-corrected chi connectivity index (χ1v) is 12.7. The van der Waals surface area contributed by atoms with E-state index < -0.39 is 17.7 Å². The zero-order valence-corrected chi connectivity index (χ0v) is 22.7. The summed E-state index contributed by atoms with van der Waals surface area (Å²) >= 11 is 6.29. The molecule has 38 heavy (non-hydrogen) atoms. The molecule has 3 aromatic carbocycles. The van der Waals surface area contributed by atoms with Crippen molar-refractivity contribution >= 4 is 45.6 Å². The summed E-state index contributed by atoms with van der Waals surface area (Å²) in [7, 11) is 3.42. The van der Waals surface area contributed by atoms with Crippen molar-refractivity contribution in [3.8, 4) is 5.75 Å². The number of aryl methyl sites for hydroxylation is 1. The lowest BCUT2D eigenvalue weighted by molar-refractivity contribution is -0.132. The van der Waals surface area contributed by atoms with Gasteiger partial charge in [0.1, 0.15) is 11.5 Å². The zero-order valence-electron chi connectivity index (χ0n) is 21.9. The molecule has 1 aliphatic rings. The summed E-state index contributed by atoms with van der Waals surface area (Å²) in [6, 6.07) is 19.2. The minimum atomic E-state index is -0.887. The molecule has 0 spiro atoms. The Hall–Kier alpha value is -4.03. The highest BCUT2D eigenvalue weighted by atomic mass is 35.5. The summed E-state index contributed by atoms with van der Waals surface area (Å²) in [6.45, 7) is 6.19. The molecule has 0 radical (unpaired) electrons. The normalized spacial score (nSPS) is 17.4. The molecule has 1 aromatic heterocycles. The number of aromatic nitrogens is 1. The Morgan fingerprint density at radius 1 is 1.00 bits per heavy atom. The van der Waals surface area contributed by atoms with Crippen molar-refractivity contribution in [2.24, 2.45) is 7.05 Å². The van der Waals surface area contributed by atoms with Crippen LogP contribution in [-0.2, 0) is 22.1 Å². The molecule has 6 nitrogen and oxygen atoms in total. The number of carbonyl (C=O) groups excluding carboxylic acids is 2. The molecule has 2 heterocycles. The molecular weight excluding hydrogens is 500 g/mol. The molecule has 4 aromatic rings. The number of ketones is 1. The Morgan fingerprint density at radius 2 is 1.74 bits per heavy atom. The monoisotopic (exact) mass is 528 g/mol. The number of fused-ring (bicyclic) bond motifs is 1. The summed E-state index contributed by atoms with van der Waals surface area (Å²) in [5, 5.41) is 13.1. The molecule has 0 aliphatic carbocycles. The third-order valence-corrected chi connectivity index (χ3v) is 7.31. The number of para-hydroxylation sites is 1. The maximum atomic E-state index is 13.7. The van der Waals surface area contributed by atoms with Gasteiger partial charge in [-0.05, 0) is 47.4 Å². The minimum absolute atomic E-state index is 0.00399. The molecule has 1 unspecified atom stereocenters. The van der Waals surface area contributed by atoms with Gasteiger partial charge in [0.25, 0.3) is 11.7 Å². The van der Waals surface area contributed by atoms with Crippen LogP contribution in [0.5, 0.6) is 5.75 Å². The third kappa shape index (κ3) is 4.15. The Kier molecular flexibility index (Phi) is 6.32. The molecule has 5 rings (SSSR count). The van der Waals surface area contributed by atoms with Gasteiger partial charge in [-0.1, -0.05) is 62.7 Å². The van der Waals surface area contributed by atoms with Gasteiger partial charge < -0.3 is 14.4 Å². The summed E-state index contributed by atoms with van der Waals surface area (Å²) in [5.41, 5.74) is 3.20. The highest BCUT2D eigenvalue weighted by Crippen LogP contribution is 2.46. The van der Waals surface area contributed by atoms with Crippen LogP contribution in [-0.4, -0.2) is 28.5 Å². The predicted octanol–water partition coefficient (Wildman–Crippen LogP) is 6.76. The molecule has 7 heteroatoms. The smallest absolute Gasteiger partial charge is 0.300 e. The topological polar surface area (TPSA) is 71.8 Å². The SMILES string of the molecule is COc1ccc(C(C)(C)C)cc1/C(O)=C1\C(=O)C(=O)N(c2cccc(Cl)c2)C1c1cn(C)c2ccccc12. The maximum Gasteiger partial charge on any atom is 0.300 e. The number of anilines is 1. The van der Waals surface area contributed by atoms with Crippen molar-refractivity contribution in [3.05, 3.63) is 100 Å². The fraction of sp³-hybridized carbons (Fsp3) is 0.226. The molecule has 1 aliphatic heterocycles. The molecule has 194 valence electrons. The van der Waals surface area contributed by atoms with Gasteiger partial charge in [0.2, 0.25) is 0 Å². The first kappa shape index (κ1) is 25.6. The number of halogens is 1. The van der Waals surface area contributed by atoms with Gasteiger partial charge in [0, 0.05) is 40.4 Å². The second-order valence-corrected chi connectivity index (χ2v) is 11.0. The first-order chi connectivity index (χ1) is 18.0. The van der Waals surface area contributed by atoms with Crippen LogP contribution < -0.4 is 9.64 Å². The number of hydrogen-bond donors (Lipinski definition) is 1. The number of aliphatic hydroxyl groups excluding tert-OH is 1. The Morgan fingerprint density at radius 3 is 2.42 bits per heavy atom. The van der Waals surface area contributed by atoms with Gasteiger partial charge in [-0.2, -0.15) is 0 Å². The Balaban J connectivity index is 1.83. The fourth-order valence-electron chi connectivity index (χ4n) is 5.11. The van der Waals surface area contributed by atoms with Gasteiger partial charge in [-0.25, -0.2) is 0 Å². The number of carbonyl (C=O) groups is 2. The van der Waals surface area contributed by atoms with E-state index in [4.69, 9.17) is 16.3 Å². The molecule has 1 saturated heterocycles. The summed E-state index contributed by atoms with van der Waals surface area (Å²) < 4.78 is 7.52. The number of benzene rings is 3. The van der Waals surface area contributed by atoms with Gasteiger partial charge in [0.15, 0.2) is 0 Å². The van der Waals surface area contributed by atoms with Crippen LogP contribution in [0.2, 0.25) is 5.02 Å². The van der Waals surface area contributed by atoms with E-state index in [2.05, 4.69) is 20.8 Å². The number of rotatable bonds is 4. The number of hydrogen-bond acceptors (Lipinski definition) is 4. The van der Waals surface area contributed by atoms with Crippen molar-refractivity contribution in [3.63, 3.8) is 0 Å². The fourth-order valence-corrected chi connectivity index (χ4v) is 5.30. The number of amides is 1. The standard InChI is InChI=1S/C31H29ClN2O4/c1-31(2,3)18-13-14-25(38-5)22(15-18)28(35)26-27(23-17-33(4)24-12-7-6-11-21(23)24)34(30(37)29(26)36)20-10-8-9-19(32)16-20/h6-17,27,35H,1-5H3/b28-26+. The van der Waals surface area contributed by atoms with Crippen LogP contribution in [0.15, 0.2) is 78.5 Å². The van der Waals surface area contributed by atoms with Crippen molar-refractivity contribution in [1.82, 2.24) is 4.57 Å².